The number of halogens is 2. The van der Waals surface area contributed by atoms with Crippen molar-refractivity contribution in [3.05, 3.63) is 69.9 Å². The maximum atomic E-state index is 14.9. The van der Waals surface area contributed by atoms with Gasteiger partial charge in [0, 0.05) is 46.1 Å². The van der Waals surface area contributed by atoms with Gasteiger partial charge in [0.15, 0.2) is 5.84 Å². The first-order valence-electron chi connectivity index (χ1n) is 9.41. The zero-order chi connectivity index (χ0) is 21.8. The van der Waals surface area contributed by atoms with Crippen LogP contribution in [0.4, 0.5) is 4.39 Å². The third kappa shape index (κ3) is 4.45. The molecule has 30 heavy (non-hydrogen) atoms. The van der Waals surface area contributed by atoms with Crippen LogP contribution in [0.1, 0.15) is 23.7 Å². The maximum Gasteiger partial charge on any atom is 0.157 e. The lowest BCUT2D eigenvalue weighted by Crippen LogP contribution is -2.15. The monoisotopic (exact) mass is 423 g/mol. The molecule has 0 unspecified atom stereocenters. The number of rotatable bonds is 5. The predicted octanol–water partition coefficient (Wildman–Crippen LogP) is 5.18. The lowest BCUT2D eigenvalue weighted by molar-refractivity contribution is 0.629. The number of aromatic nitrogens is 1. The molecule has 0 fully saturated rings. The van der Waals surface area contributed by atoms with Gasteiger partial charge in [0.1, 0.15) is 5.82 Å². The summed E-state index contributed by atoms with van der Waals surface area (Å²) in [4.78, 5) is 17.2. The van der Waals surface area contributed by atoms with E-state index < -0.39 is 0 Å². The number of pyridine rings is 1. The van der Waals surface area contributed by atoms with Crippen molar-refractivity contribution < 1.29 is 4.39 Å². The SMILES string of the molecule is C=N/C=C1/C=C(c2cc(-c3cc(Cl)cnc3C)c(F)cc2C)C(C)=N/C1=N/CNC. The summed E-state index contributed by atoms with van der Waals surface area (Å²) < 4.78 is 14.9. The Balaban J connectivity index is 2.18. The highest BCUT2D eigenvalue weighted by atomic mass is 35.5. The van der Waals surface area contributed by atoms with E-state index in [2.05, 4.69) is 32.0 Å². The Morgan fingerprint density at radius 2 is 1.93 bits per heavy atom. The van der Waals surface area contributed by atoms with Gasteiger partial charge in [-0.15, -0.1) is 0 Å². The van der Waals surface area contributed by atoms with E-state index in [0.717, 1.165) is 28.0 Å². The van der Waals surface area contributed by atoms with Gasteiger partial charge in [-0.1, -0.05) is 11.6 Å². The number of allylic oxidation sites excluding steroid dienone is 1. The van der Waals surface area contributed by atoms with Crippen molar-refractivity contribution >= 4 is 35.4 Å². The van der Waals surface area contributed by atoms with Crippen molar-refractivity contribution in [2.45, 2.75) is 20.8 Å². The molecular formula is C23H23ClFN5. The first-order valence-corrected chi connectivity index (χ1v) is 9.79. The molecule has 154 valence electrons. The second-order valence-electron chi connectivity index (χ2n) is 6.95. The lowest BCUT2D eigenvalue weighted by Gasteiger charge is -2.19. The number of benzene rings is 1. The number of aryl methyl sites for hydroxylation is 2. The Bertz CT molecular complexity index is 1130. The summed E-state index contributed by atoms with van der Waals surface area (Å²) in [7, 11) is 1.82. The molecule has 0 bridgehead atoms. The lowest BCUT2D eigenvalue weighted by atomic mass is 9.90. The second-order valence-corrected chi connectivity index (χ2v) is 7.39. The molecule has 0 radical (unpaired) electrons. The zero-order valence-corrected chi connectivity index (χ0v) is 18.2. The molecule has 0 saturated heterocycles. The molecule has 1 aromatic carbocycles. The molecule has 2 aromatic rings. The van der Waals surface area contributed by atoms with Crippen LogP contribution in [-0.2, 0) is 0 Å². The molecule has 1 N–H and O–H groups in total. The quantitative estimate of drug-likeness (QED) is 0.674. The number of nitrogens with zero attached hydrogens (tertiary/aromatic N) is 4. The molecule has 0 atom stereocenters. The standard InChI is InChI=1S/C23H23ClFN5/c1-13-6-22(25)21(20-8-17(24)11-28-14(20)2)9-18(13)19-7-16(10-26-4)23(29-12-27-5)30-15(19)3/h6-11,27H,4,12H2,1-3,5H3/b16-10-,29-23+. The van der Waals surface area contributed by atoms with E-state index in [1.54, 1.807) is 18.5 Å². The number of hydrogen-bond acceptors (Lipinski definition) is 4. The second kappa shape index (κ2) is 9.24. The van der Waals surface area contributed by atoms with Crippen molar-refractivity contribution in [3.63, 3.8) is 0 Å². The van der Waals surface area contributed by atoms with Gasteiger partial charge in [0.2, 0.25) is 0 Å². The molecule has 0 spiro atoms. The Morgan fingerprint density at radius 1 is 1.17 bits per heavy atom. The molecule has 1 aromatic heterocycles. The molecule has 0 aliphatic carbocycles. The molecule has 7 heteroatoms. The van der Waals surface area contributed by atoms with E-state index in [9.17, 15) is 4.39 Å². The fourth-order valence-electron chi connectivity index (χ4n) is 3.30. The summed E-state index contributed by atoms with van der Waals surface area (Å²) in [6.07, 6.45) is 5.13. The van der Waals surface area contributed by atoms with E-state index in [-0.39, 0.29) is 5.82 Å². The summed E-state index contributed by atoms with van der Waals surface area (Å²) in [6, 6.07) is 5.08. The fourth-order valence-corrected chi connectivity index (χ4v) is 3.46. The Kier molecular flexibility index (Phi) is 6.70. The molecule has 0 amide bonds. The van der Waals surface area contributed by atoms with Crippen LogP contribution in [0.15, 0.2) is 57.2 Å². The smallest absolute Gasteiger partial charge is 0.157 e. The first kappa shape index (κ1) is 21.7. The number of hydrogen-bond donors (Lipinski definition) is 1. The summed E-state index contributed by atoms with van der Waals surface area (Å²) in [5, 5.41) is 3.43. The van der Waals surface area contributed by atoms with E-state index in [1.165, 1.54) is 6.07 Å². The van der Waals surface area contributed by atoms with Gasteiger partial charge in [-0.3, -0.25) is 15.0 Å². The van der Waals surface area contributed by atoms with Crippen molar-refractivity contribution in [1.29, 1.82) is 0 Å². The van der Waals surface area contributed by atoms with Crippen molar-refractivity contribution in [3.8, 4) is 11.1 Å². The molecule has 5 nitrogen and oxygen atoms in total. The summed E-state index contributed by atoms with van der Waals surface area (Å²) >= 11 is 6.12. The molecule has 0 saturated carbocycles. The maximum absolute atomic E-state index is 14.9. The van der Waals surface area contributed by atoms with Crippen LogP contribution in [0.3, 0.4) is 0 Å². The van der Waals surface area contributed by atoms with Gasteiger partial charge in [-0.05, 0) is 69.9 Å². The molecule has 3 rings (SSSR count). The number of amidine groups is 1. The van der Waals surface area contributed by atoms with Gasteiger partial charge in [0.05, 0.1) is 11.7 Å². The first-order chi connectivity index (χ1) is 14.3. The van der Waals surface area contributed by atoms with E-state index >= 15 is 0 Å². The molecule has 1 aliphatic rings. The highest BCUT2D eigenvalue weighted by Crippen LogP contribution is 2.34. The Labute approximate surface area is 180 Å². The fraction of sp³-hybridized carbons (Fsp3) is 0.217. The summed E-state index contributed by atoms with van der Waals surface area (Å²) in [6.45, 7) is 9.59. The largest absolute Gasteiger partial charge is 0.301 e. The molecular weight excluding hydrogens is 401 g/mol. The molecule has 2 heterocycles. The minimum Gasteiger partial charge on any atom is -0.301 e. The van der Waals surface area contributed by atoms with Crippen molar-refractivity contribution in [2.24, 2.45) is 15.0 Å². The van der Waals surface area contributed by atoms with Crippen LogP contribution in [-0.4, -0.2) is 37.0 Å². The topological polar surface area (TPSA) is 62.0 Å². The van der Waals surface area contributed by atoms with Crippen LogP contribution in [0.25, 0.3) is 16.7 Å². The van der Waals surface area contributed by atoms with Crippen LogP contribution in [0, 0.1) is 19.7 Å². The summed E-state index contributed by atoms with van der Waals surface area (Å²) in [5.74, 6) is 0.252. The van der Waals surface area contributed by atoms with Crippen molar-refractivity contribution in [1.82, 2.24) is 10.3 Å². The number of nitrogens with one attached hydrogen (secondary N) is 1. The minimum absolute atomic E-state index is 0.325. The summed E-state index contributed by atoms with van der Waals surface area (Å²) in [5.41, 5.74) is 5.87. The third-order valence-corrected chi connectivity index (χ3v) is 4.99. The van der Waals surface area contributed by atoms with E-state index in [4.69, 9.17) is 11.6 Å². The minimum atomic E-state index is -0.325. The number of aliphatic imine (C=N–C) groups is 3. The third-order valence-electron chi connectivity index (χ3n) is 4.79. The zero-order valence-electron chi connectivity index (χ0n) is 17.4. The highest BCUT2D eigenvalue weighted by Gasteiger charge is 2.20. The van der Waals surface area contributed by atoms with Crippen LogP contribution in [0.2, 0.25) is 5.02 Å². The predicted molar refractivity (Wildman–Crippen MR) is 124 cm³/mol. The Morgan fingerprint density at radius 3 is 2.63 bits per heavy atom. The molecule has 1 aliphatic heterocycles. The van der Waals surface area contributed by atoms with Crippen LogP contribution < -0.4 is 5.32 Å². The normalized spacial score (nSPS) is 16.6. The van der Waals surface area contributed by atoms with Crippen molar-refractivity contribution in [2.75, 3.05) is 13.7 Å². The average molecular weight is 424 g/mol. The van der Waals surface area contributed by atoms with Gasteiger partial charge in [-0.25, -0.2) is 9.38 Å². The van der Waals surface area contributed by atoms with E-state index in [1.807, 2.05) is 40.0 Å². The highest BCUT2D eigenvalue weighted by molar-refractivity contribution is 6.31. The number of dihydropyridines is 1. The van der Waals surface area contributed by atoms with Gasteiger partial charge >= 0.3 is 0 Å². The van der Waals surface area contributed by atoms with E-state index in [0.29, 0.717) is 34.3 Å². The average Bonchev–Trinajstić information content (AvgIpc) is 2.70. The van der Waals surface area contributed by atoms with Gasteiger partial charge in [-0.2, -0.15) is 0 Å². The Hall–Kier alpha value is -2.96. The van der Waals surface area contributed by atoms with Crippen LogP contribution in [0.5, 0.6) is 0 Å². The van der Waals surface area contributed by atoms with Crippen LogP contribution >= 0.6 is 11.6 Å². The van der Waals surface area contributed by atoms with Gasteiger partial charge in [0.25, 0.3) is 0 Å². The van der Waals surface area contributed by atoms with Gasteiger partial charge < -0.3 is 5.32 Å².